The number of nitrogens with zero attached hydrogens (tertiary/aromatic N) is 3. The Labute approximate surface area is 103 Å². The molecule has 0 saturated heterocycles. The van der Waals surface area contributed by atoms with E-state index in [1.54, 1.807) is 11.8 Å². The number of imidazole rings is 1. The van der Waals surface area contributed by atoms with E-state index >= 15 is 0 Å². The highest BCUT2D eigenvalue weighted by atomic mass is 32.2. The van der Waals surface area contributed by atoms with Crippen LogP contribution in [-0.4, -0.2) is 25.8 Å². The first-order valence-electron chi connectivity index (χ1n) is 5.32. The van der Waals surface area contributed by atoms with E-state index in [9.17, 15) is 0 Å². The molecule has 0 bridgehead atoms. The summed E-state index contributed by atoms with van der Waals surface area (Å²) in [6, 6.07) is 8.39. The summed E-state index contributed by atoms with van der Waals surface area (Å²) in [6.45, 7) is 2.08. The summed E-state index contributed by atoms with van der Waals surface area (Å²) >= 11 is 1.58. The van der Waals surface area contributed by atoms with E-state index in [-0.39, 0.29) is 0 Å². The maximum atomic E-state index is 4.35. The lowest BCUT2D eigenvalue weighted by atomic mass is 10.1. The Bertz CT molecular complexity index is 651. The third kappa shape index (κ3) is 1.72. The van der Waals surface area contributed by atoms with Gasteiger partial charge in [-0.2, -0.15) is 4.98 Å². The SMILES string of the molecule is CSc1nc2ncc(-c3ccc(C)cc3)n2[nH]1. The molecule has 0 atom stereocenters. The number of aryl methyl sites for hydroxylation is 1. The molecule has 2 heterocycles. The summed E-state index contributed by atoms with van der Waals surface area (Å²) in [5.74, 6) is 0.713. The fraction of sp³-hybridized carbons (Fsp3) is 0.167. The molecule has 86 valence electrons. The molecule has 3 aromatic rings. The third-order valence-corrected chi connectivity index (χ3v) is 3.26. The number of benzene rings is 1. The van der Waals surface area contributed by atoms with Gasteiger partial charge in [0.2, 0.25) is 0 Å². The van der Waals surface area contributed by atoms with Gasteiger partial charge in [-0.05, 0) is 13.2 Å². The second-order valence-corrected chi connectivity index (χ2v) is 4.67. The Morgan fingerprint density at radius 3 is 2.71 bits per heavy atom. The average Bonchev–Trinajstić information content (AvgIpc) is 2.89. The van der Waals surface area contributed by atoms with Crippen LogP contribution in [0.1, 0.15) is 5.56 Å². The quantitative estimate of drug-likeness (QED) is 0.705. The number of hydrogen-bond donors (Lipinski definition) is 1. The first-order chi connectivity index (χ1) is 8.28. The van der Waals surface area contributed by atoms with Crippen molar-refractivity contribution in [3.05, 3.63) is 36.0 Å². The molecule has 1 N–H and O–H groups in total. The Kier molecular flexibility index (Phi) is 2.40. The normalized spacial score (nSPS) is 11.2. The molecule has 0 aliphatic carbocycles. The molecule has 0 saturated carbocycles. The minimum Gasteiger partial charge on any atom is -0.269 e. The number of rotatable bonds is 2. The van der Waals surface area contributed by atoms with Crippen LogP contribution >= 0.6 is 11.8 Å². The lowest BCUT2D eigenvalue weighted by Gasteiger charge is -1.99. The zero-order chi connectivity index (χ0) is 11.8. The standard InChI is InChI=1S/C12H12N4S/c1-8-3-5-9(6-4-8)10-7-13-11-14-12(17-2)15-16(10)11/h3-7H,1-2H3,(H,13,14,15). The monoisotopic (exact) mass is 244 g/mol. The number of fused-ring (bicyclic) bond motifs is 1. The molecular weight excluding hydrogens is 232 g/mol. The number of aromatic nitrogens is 4. The van der Waals surface area contributed by atoms with Gasteiger partial charge in [-0.3, -0.25) is 5.10 Å². The highest BCUT2D eigenvalue weighted by molar-refractivity contribution is 7.98. The first-order valence-corrected chi connectivity index (χ1v) is 6.55. The van der Waals surface area contributed by atoms with E-state index in [1.165, 1.54) is 5.56 Å². The van der Waals surface area contributed by atoms with E-state index in [4.69, 9.17) is 0 Å². The smallest absolute Gasteiger partial charge is 0.251 e. The van der Waals surface area contributed by atoms with Gasteiger partial charge >= 0.3 is 0 Å². The van der Waals surface area contributed by atoms with Gasteiger partial charge in [-0.25, -0.2) is 9.50 Å². The molecule has 0 fully saturated rings. The fourth-order valence-electron chi connectivity index (χ4n) is 1.76. The van der Waals surface area contributed by atoms with Crippen molar-refractivity contribution in [2.75, 3.05) is 6.26 Å². The van der Waals surface area contributed by atoms with Crippen molar-refractivity contribution in [2.45, 2.75) is 12.1 Å². The van der Waals surface area contributed by atoms with E-state index in [0.717, 1.165) is 16.4 Å². The highest BCUT2D eigenvalue weighted by Gasteiger charge is 2.09. The lowest BCUT2D eigenvalue weighted by molar-refractivity contribution is 0.900. The number of H-pyrrole nitrogens is 1. The number of nitrogens with one attached hydrogen (secondary N) is 1. The van der Waals surface area contributed by atoms with E-state index in [2.05, 4.69) is 46.3 Å². The molecule has 1 aromatic carbocycles. The molecule has 0 spiro atoms. The molecule has 2 aromatic heterocycles. The maximum absolute atomic E-state index is 4.35. The number of thioether (sulfide) groups is 1. The van der Waals surface area contributed by atoms with Gasteiger partial charge < -0.3 is 0 Å². The molecular formula is C12H12N4S. The molecule has 3 rings (SSSR count). The van der Waals surface area contributed by atoms with Crippen LogP contribution in [0.15, 0.2) is 35.6 Å². The third-order valence-electron chi connectivity index (χ3n) is 2.69. The van der Waals surface area contributed by atoms with Crippen LogP contribution in [0, 0.1) is 6.92 Å². The van der Waals surface area contributed by atoms with Gasteiger partial charge in [-0.1, -0.05) is 41.6 Å². The van der Waals surface area contributed by atoms with Crippen molar-refractivity contribution in [3.63, 3.8) is 0 Å². The molecule has 0 unspecified atom stereocenters. The minimum atomic E-state index is 0.713. The van der Waals surface area contributed by atoms with E-state index < -0.39 is 0 Å². The van der Waals surface area contributed by atoms with Gasteiger partial charge in [0, 0.05) is 5.56 Å². The van der Waals surface area contributed by atoms with Crippen LogP contribution in [0.5, 0.6) is 0 Å². The van der Waals surface area contributed by atoms with Crippen molar-refractivity contribution in [3.8, 4) is 11.3 Å². The zero-order valence-corrected chi connectivity index (χ0v) is 10.5. The molecule has 5 heteroatoms. The minimum absolute atomic E-state index is 0.713. The number of hydrogen-bond acceptors (Lipinski definition) is 3. The number of aromatic amines is 1. The molecule has 17 heavy (non-hydrogen) atoms. The average molecular weight is 244 g/mol. The molecule has 0 radical (unpaired) electrons. The van der Waals surface area contributed by atoms with Gasteiger partial charge in [0.05, 0.1) is 11.9 Å². The van der Waals surface area contributed by atoms with Crippen molar-refractivity contribution in [1.82, 2.24) is 19.6 Å². The summed E-state index contributed by atoms with van der Waals surface area (Å²) < 4.78 is 1.91. The van der Waals surface area contributed by atoms with Crippen molar-refractivity contribution in [1.29, 1.82) is 0 Å². The fourth-order valence-corrected chi connectivity index (χ4v) is 2.12. The second-order valence-electron chi connectivity index (χ2n) is 3.88. The summed E-state index contributed by atoms with van der Waals surface area (Å²) in [5, 5.41) is 4.09. The predicted octanol–water partition coefficient (Wildman–Crippen LogP) is 2.75. The van der Waals surface area contributed by atoms with Gasteiger partial charge in [0.25, 0.3) is 5.78 Å². The van der Waals surface area contributed by atoms with Crippen molar-refractivity contribution < 1.29 is 0 Å². The maximum Gasteiger partial charge on any atom is 0.251 e. The van der Waals surface area contributed by atoms with E-state index in [1.807, 2.05) is 17.0 Å². The van der Waals surface area contributed by atoms with Crippen LogP contribution in [0.25, 0.3) is 17.0 Å². The molecule has 0 aliphatic rings. The Balaban J connectivity index is 2.16. The largest absolute Gasteiger partial charge is 0.269 e. The zero-order valence-electron chi connectivity index (χ0n) is 9.64. The predicted molar refractivity (Wildman–Crippen MR) is 69.3 cm³/mol. The summed E-state index contributed by atoms with van der Waals surface area (Å²) in [4.78, 5) is 8.65. The van der Waals surface area contributed by atoms with Crippen LogP contribution in [0.2, 0.25) is 0 Å². The van der Waals surface area contributed by atoms with Crippen molar-refractivity contribution in [2.24, 2.45) is 0 Å². The summed E-state index contributed by atoms with van der Waals surface area (Å²) in [6.07, 6.45) is 3.83. The lowest BCUT2D eigenvalue weighted by Crippen LogP contribution is -1.88. The first kappa shape index (κ1) is 10.4. The van der Waals surface area contributed by atoms with Gasteiger partial charge in [-0.15, -0.1) is 0 Å². The van der Waals surface area contributed by atoms with Crippen LogP contribution in [0.4, 0.5) is 0 Å². The Hall–Kier alpha value is -1.75. The Morgan fingerprint density at radius 2 is 2.00 bits per heavy atom. The van der Waals surface area contributed by atoms with Gasteiger partial charge in [0.1, 0.15) is 0 Å². The van der Waals surface area contributed by atoms with E-state index in [0.29, 0.717) is 5.78 Å². The van der Waals surface area contributed by atoms with Crippen LogP contribution < -0.4 is 0 Å². The summed E-state index contributed by atoms with van der Waals surface area (Å²) in [5.41, 5.74) is 3.43. The molecule has 4 nitrogen and oxygen atoms in total. The summed E-state index contributed by atoms with van der Waals surface area (Å²) in [7, 11) is 0. The highest BCUT2D eigenvalue weighted by Crippen LogP contribution is 2.21. The Morgan fingerprint density at radius 1 is 1.24 bits per heavy atom. The van der Waals surface area contributed by atoms with Crippen LogP contribution in [-0.2, 0) is 0 Å². The van der Waals surface area contributed by atoms with Crippen molar-refractivity contribution >= 4 is 17.5 Å². The topological polar surface area (TPSA) is 46.0 Å². The van der Waals surface area contributed by atoms with Gasteiger partial charge in [0.15, 0.2) is 5.16 Å². The molecule has 0 aliphatic heterocycles. The van der Waals surface area contributed by atoms with Crippen LogP contribution in [0.3, 0.4) is 0 Å². The second kappa shape index (κ2) is 3.92. The molecule has 0 amide bonds.